The lowest BCUT2D eigenvalue weighted by molar-refractivity contribution is -0.210. The van der Waals surface area contributed by atoms with Crippen molar-refractivity contribution >= 4 is 11.4 Å². The van der Waals surface area contributed by atoms with Crippen LogP contribution in [0.3, 0.4) is 0 Å². The third-order valence-corrected chi connectivity index (χ3v) is 4.25. The molecular weight excluding hydrogens is 288 g/mol. The lowest BCUT2D eigenvalue weighted by Gasteiger charge is -2.33. The third kappa shape index (κ3) is 2.33. The summed E-state index contributed by atoms with van der Waals surface area (Å²) in [5.41, 5.74) is 0.108. The number of aliphatic hydroxyl groups is 1. The summed E-state index contributed by atoms with van der Waals surface area (Å²) in [4.78, 5) is 4.39. The Morgan fingerprint density at radius 3 is 2.67 bits per heavy atom. The van der Waals surface area contributed by atoms with E-state index in [2.05, 4.69) is 4.85 Å². The van der Waals surface area contributed by atoms with Gasteiger partial charge in [-0.25, -0.2) is 9.24 Å². The van der Waals surface area contributed by atoms with E-state index in [0.29, 0.717) is 13.0 Å². The molecule has 1 saturated heterocycles. The number of aliphatic hydroxyl groups excluding tert-OH is 1. The minimum atomic E-state index is -4.70. The fraction of sp³-hybridized carbons (Fsp3) is 0.500. The van der Waals surface area contributed by atoms with Crippen molar-refractivity contribution in [3.05, 3.63) is 35.4 Å². The van der Waals surface area contributed by atoms with E-state index >= 15 is 0 Å². The summed E-state index contributed by atoms with van der Waals surface area (Å²) in [6, 6.07) is 2.66. The van der Waals surface area contributed by atoms with Gasteiger partial charge < -0.3 is 10.0 Å². The van der Waals surface area contributed by atoms with Crippen molar-refractivity contribution in [3.63, 3.8) is 0 Å². The number of rotatable bonds is 2. The van der Waals surface area contributed by atoms with E-state index < -0.39 is 24.1 Å². The molecule has 1 aliphatic carbocycles. The standard InChI is InChI=1S/C14H12F4N2O/c1-19-11-3-2-8(5-10(11)15)20-6-7-4-9(7)12(20)13(21)14(16,17)18/h2-3,5,7,9,12-13,21H,4,6H2. The minimum Gasteiger partial charge on any atom is -0.382 e. The molecule has 0 spiro atoms. The van der Waals surface area contributed by atoms with Crippen LogP contribution in [0.15, 0.2) is 18.2 Å². The number of benzene rings is 1. The summed E-state index contributed by atoms with van der Waals surface area (Å²) in [5, 5.41) is 9.58. The normalized spacial score (nSPS) is 29.0. The Balaban J connectivity index is 1.91. The zero-order valence-corrected chi connectivity index (χ0v) is 10.8. The number of hydrogen-bond donors (Lipinski definition) is 1. The van der Waals surface area contributed by atoms with E-state index in [-0.39, 0.29) is 23.2 Å². The van der Waals surface area contributed by atoms with E-state index in [1.807, 2.05) is 0 Å². The van der Waals surface area contributed by atoms with Crippen LogP contribution in [0.2, 0.25) is 0 Å². The topological polar surface area (TPSA) is 27.8 Å². The van der Waals surface area contributed by atoms with Crippen LogP contribution in [0.1, 0.15) is 6.42 Å². The Kier molecular flexibility index (Phi) is 3.10. The molecule has 0 radical (unpaired) electrons. The molecule has 4 atom stereocenters. The number of alkyl halides is 3. The highest BCUT2D eigenvalue weighted by Crippen LogP contribution is 2.53. The van der Waals surface area contributed by atoms with Gasteiger partial charge in [0.1, 0.15) is 5.82 Å². The average Bonchev–Trinajstić information content (AvgIpc) is 3.08. The van der Waals surface area contributed by atoms with E-state index in [1.165, 1.54) is 17.0 Å². The maximum absolute atomic E-state index is 13.6. The molecule has 112 valence electrons. The SMILES string of the molecule is [C-]#[N+]c1ccc(N2CC3CC3C2C(O)C(F)(F)F)cc1F. The molecule has 3 nitrogen and oxygen atoms in total. The molecule has 1 saturated carbocycles. The van der Waals surface area contributed by atoms with Crippen molar-refractivity contribution in [2.75, 3.05) is 11.4 Å². The van der Waals surface area contributed by atoms with E-state index in [0.717, 1.165) is 6.07 Å². The second kappa shape index (κ2) is 4.60. The van der Waals surface area contributed by atoms with Gasteiger partial charge in [0.15, 0.2) is 6.10 Å². The highest BCUT2D eigenvalue weighted by Gasteiger charge is 2.60. The largest absolute Gasteiger partial charge is 0.416 e. The zero-order valence-electron chi connectivity index (χ0n) is 10.8. The molecule has 1 aliphatic heterocycles. The van der Waals surface area contributed by atoms with Crippen LogP contribution < -0.4 is 4.90 Å². The predicted octanol–water partition coefficient (Wildman–Crippen LogP) is 3.12. The van der Waals surface area contributed by atoms with Crippen molar-refractivity contribution in [3.8, 4) is 0 Å². The summed E-state index contributed by atoms with van der Waals surface area (Å²) in [6.07, 6.45) is -6.48. The maximum Gasteiger partial charge on any atom is 0.416 e. The van der Waals surface area contributed by atoms with Crippen molar-refractivity contribution in [1.82, 2.24) is 0 Å². The van der Waals surface area contributed by atoms with Gasteiger partial charge in [-0.05, 0) is 30.4 Å². The van der Waals surface area contributed by atoms with Gasteiger partial charge in [0, 0.05) is 12.2 Å². The van der Waals surface area contributed by atoms with E-state index in [4.69, 9.17) is 6.57 Å². The van der Waals surface area contributed by atoms with Gasteiger partial charge in [-0.15, -0.1) is 0 Å². The van der Waals surface area contributed by atoms with E-state index in [9.17, 15) is 22.7 Å². The summed E-state index contributed by atoms with van der Waals surface area (Å²) in [5.74, 6) is -0.843. The van der Waals surface area contributed by atoms with Gasteiger partial charge in [0.25, 0.3) is 0 Å². The van der Waals surface area contributed by atoms with Crippen molar-refractivity contribution in [1.29, 1.82) is 0 Å². The number of nitrogens with zero attached hydrogens (tertiary/aromatic N) is 2. The van der Waals surface area contributed by atoms with Gasteiger partial charge in [0.2, 0.25) is 5.69 Å². The highest BCUT2D eigenvalue weighted by molar-refractivity contribution is 5.58. The monoisotopic (exact) mass is 300 g/mol. The fourth-order valence-corrected chi connectivity index (χ4v) is 3.15. The third-order valence-electron chi connectivity index (χ3n) is 4.25. The number of hydrogen-bond acceptors (Lipinski definition) is 2. The Bertz CT molecular complexity index is 610. The van der Waals surface area contributed by atoms with Crippen LogP contribution in [-0.2, 0) is 0 Å². The molecule has 2 aliphatic rings. The van der Waals surface area contributed by atoms with Crippen molar-refractivity contribution in [2.24, 2.45) is 11.8 Å². The molecule has 3 rings (SSSR count). The number of anilines is 1. The second-order valence-electron chi connectivity index (χ2n) is 5.54. The number of piperidine rings is 1. The van der Waals surface area contributed by atoms with Crippen LogP contribution in [0.25, 0.3) is 4.85 Å². The lowest BCUT2D eigenvalue weighted by atomic mass is 10.0. The Hall–Kier alpha value is -1.81. The smallest absolute Gasteiger partial charge is 0.382 e. The maximum atomic E-state index is 13.6. The van der Waals surface area contributed by atoms with Gasteiger partial charge >= 0.3 is 6.18 Å². The first-order valence-electron chi connectivity index (χ1n) is 6.51. The van der Waals surface area contributed by atoms with E-state index in [1.54, 1.807) is 0 Å². The molecule has 7 heteroatoms. The quantitative estimate of drug-likeness (QED) is 0.671. The summed E-state index contributed by atoms with van der Waals surface area (Å²) in [7, 11) is 0. The highest BCUT2D eigenvalue weighted by atomic mass is 19.4. The minimum absolute atomic E-state index is 0.121. The van der Waals surface area contributed by atoms with Crippen LogP contribution in [-0.4, -0.2) is 30.0 Å². The van der Waals surface area contributed by atoms with Gasteiger partial charge in [0.05, 0.1) is 12.6 Å². The van der Waals surface area contributed by atoms with Crippen molar-refractivity contribution in [2.45, 2.75) is 24.7 Å². The van der Waals surface area contributed by atoms with Crippen LogP contribution in [0.4, 0.5) is 28.9 Å². The molecule has 1 aromatic carbocycles. The van der Waals surface area contributed by atoms with Crippen LogP contribution in [0, 0.1) is 24.2 Å². The van der Waals surface area contributed by atoms with Gasteiger partial charge in [-0.2, -0.15) is 13.2 Å². The molecule has 1 heterocycles. The Morgan fingerprint density at radius 1 is 1.38 bits per heavy atom. The number of halogens is 4. The first kappa shape index (κ1) is 14.1. The molecule has 0 amide bonds. The Morgan fingerprint density at radius 2 is 2.10 bits per heavy atom. The summed E-state index contributed by atoms with van der Waals surface area (Å²) < 4.78 is 52.0. The molecule has 0 aromatic heterocycles. The molecule has 1 aromatic rings. The molecule has 2 fully saturated rings. The second-order valence-corrected chi connectivity index (χ2v) is 5.54. The molecule has 0 bridgehead atoms. The lowest BCUT2D eigenvalue weighted by Crippen LogP contribution is -2.49. The van der Waals surface area contributed by atoms with Crippen molar-refractivity contribution < 1.29 is 22.7 Å². The average molecular weight is 300 g/mol. The Labute approximate surface area is 118 Å². The first-order chi connectivity index (χ1) is 9.82. The van der Waals surface area contributed by atoms with Gasteiger partial charge in [-0.3, -0.25) is 0 Å². The van der Waals surface area contributed by atoms with Crippen LogP contribution >= 0.6 is 0 Å². The first-order valence-corrected chi connectivity index (χ1v) is 6.51. The molecule has 1 N–H and O–H groups in total. The zero-order chi connectivity index (χ0) is 15.4. The van der Waals surface area contributed by atoms with Gasteiger partial charge in [-0.1, -0.05) is 6.07 Å². The fourth-order valence-electron chi connectivity index (χ4n) is 3.15. The van der Waals surface area contributed by atoms with Crippen LogP contribution in [0.5, 0.6) is 0 Å². The number of fused-ring (bicyclic) bond motifs is 1. The summed E-state index contributed by atoms with van der Waals surface area (Å²) in [6.45, 7) is 7.15. The predicted molar refractivity (Wildman–Crippen MR) is 67.5 cm³/mol. The molecule has 21 heavy (non-hydrogen) atoms. The molecule has 4 unspecified atom stereocenters. The summed E-state index contributed by atoms with van der Waals surface area (Å²) >= 11 is 0. The molecular formula is C14H12F4N2O.